The first-order chi connectivity index (χ1) is 7.11. The maximum Gasteiger partial charge on any atom is 0.573 e. The SMILES string of the molecule is O=S(=O)(Cl)c1cccc(F)c1OC(F)(F)F. The highest BCUT2D eigenvalue weighted by Crippen LogP contribution is 2.33. The van der Waals surface area contributed by atoms with Crippen molar-refractivity contribution in [3.8, 4) is 5.75 Å². The van der Waals surface area contributed by atoms with Crippen LogP contribution in [0.25, 0.3) is 0 Å². The number of halogens is 5. The van der Waals surface area contributed by atoms with Crippen LogP contribution in [0.5, 0.6) is 5.75 Å². The van der Waals surface area contributed by atoms with Crippen LogP contribution in [-0.2, 0) is 9.05 Å². The van der Waals surface area contributed by atoms with Gasteiger partial charge in [-0.2, -0.15) is 0 Å². The Bertz CT molecular complexity index is 497. The zero-order chi connectivity index (χ0) is 12.6. The maximum absolute atomic E-state index is 13.0. The smallest absolute Gasteiger partial charge is 0.401 e. The predicted molar refractivity (Wildman–Crippen MR) is 46.1 cm³/mol. The highest BCUT2D eigenvalue weighted by atomic mass is 35.7. The Labute approximate surface area is 92.0 Å². The second-order valence-corrected chi connectivity index (χ2v) is 5.09. The number of hydrogen-bond donors (Lipinski definition) is 0. The fraction of sp³-hybridized carbons (Fsp3) is 0.143. The van der Waals surface area contributed by atoms with Crippen LogP contribution in [0.1, 0.15) is 0 Å². The van der Waals surface area contributed by atoms with Crippen molar-refractivity contribution in [2.75, 3.05) is 0 Å². The molecule has 0 amide bonds. The van der Waals surface area contributed by atoms with Crippen molar-refractivity contribution in [2.24, 2.45) is 0 Å². The van der Waals surface area contributed by atoms with Crippen molar-refractivity contribution in [1.82, 2.24) is 0 Å². The Morgan fingerprint density at radius 3 is 2.25 bits per heavy atom. The number of rotatable bonds is 2. The number of alkyl halides is 3. The fourth-order valence-electron chi connectivity index (χ4n) is 0.896. The van der Waals surface area contributed by atoms with Gasteiger partial charge in [-0.25, -0.2) is 12.8 Å². The summed E-state index contributed by atoms with van der Waals surface area (Å²) in [6.45, 7) is 0. The quantitative estimate of drug-likeness (QED) is 0.617. The van der Waals surface area contributed by atoms with Gasteiger partial charge in [0.2, 0.25) is 0 Å². The van der Waals surface area contributed by atoms with Gasteiger partial charge in [0, 0.05) is 10.7 Å². The molecule has 0 heterocycles. The molecule has 0 aliphatic rings. The molecule has 0 bridgehead atoms. The van der Waals surface area contributed by atoms with E-state index in [0.29, 0.717) is 12.1 Å². The van der Waals surface area contributed by atoms with Gasteiger partial charge in [-0.15, -0.1) is 13.2 Å². The molecule has 0 unspecified atom stereocenters. The number of hydrogen-bond acceptors (Lipinski definition) is 3. The largest absolute Gasteiger partial charge is 0.573 e. The topological polar surface area (TPSA) is 43.4 Å². The van der Waals surface area contributed by atoms with Crippen LogP contribution < -0.4 is 4.74 Å². The molecule has 0 aromatic heterocycles. The second kappa shape index (κ2) is 4.10. The summed E-state index contributed by atoms with van der Waals surface area (Å²) in [5.41, 5.74) is 0. The maximum atomic E-state index is 13.0. The molecule has 0 spiro atoms. The summed E-state index contributed by atoms with van der Waals surface area (Å²) in [5.74, 6) is -2.94. The van der Waals surface area contributed by atoms with Gasteiger partial charge in [-0.3, -0.25) is 0 Å². The van der Waals surface area contributed by atoms with Gasteiger partial charge < -0.3 is 4.74 Å². The lowest BCUT2D eigenvalue weighted by Crippen LogP contribution is -2.19. The van der Waals surface area contributed by atoms with Crippen molar-refractivity contribution in [2.45, 2.75) is 11.3 Å². The molecule has 1 aromatic carbocycles. The average Bonchev–Trinajstić information content (AvgIpc) is 2.04. The number of benzene rings is 1. The summed E-state index contributed by atoms with van der Waals surface area (Å²) >= 11 is 0. The van der Waals surface area contributed by atoms with Crippen LogP contribution in [0.2, 0.25) is 0 Å². The lowest BCUT2D eigenvalue weighted by molar-refractivity contribution is -0.276. The lowest BCUT2D eigenvalue weighted by Gasteiger charge is -2.11. The van der Waals surface area contributed by atoms with E-state index >= 15 is 0 Å². The van der Waals surface area contributed by atoms with E-state index in [0.717, 1.165) is 6.07 Å². The van der Waals surface area contributed by atoms with Gasteiger partial charge in [-0.05, 0) is 12.1 Å². The lowest BCUT2D eigenvalue weighted by atomic mass is 10.3. The Hall–Kier alpha value is -1.02. The Kier molecular flexibility index (Phi) is 3.34. The normalized spacial score (nSPS) is 12.6. The molecular weight excluding hydrogens is 276 g/mol. The molecule has 0 N–H and O–H groups in total. The minimum Gasteiger partial charge on any atom is -0.401 e. The first-order valence-electron chi connectivity index (χ1n) is 3.60. The van der Waals surface area contributed by atoms with Gasteiger partial charge in [0.15, 0.2) is 11.6 Å². The van der Waals surface area contributed by atoms with Gasteiger partial charge in [0.1, 0.15) is 4.90 Å². The Morgan fingerprint density at radius 2 is 1.81 bits per heavy atom. The minimum absolute atomic E-state index is 0.618. The van der Waals surface area contributed by atoms with E-state index in [2.05, 4.69) is 4.74 Å². The zero-order valence-electron chi connectivity index (χ0n) is 7.25. The minimum atomic E-state index is -5.21. The third-order valence-corrected chi connectivity index (χ3v) is 2.76. The van der Waals surface area contributed by atoms with E-state index in [9.17, 15) is 26.0 Å². The molecule has 1 aromatic rings. The van der Waals surface area contributed by atoms with Crippen LogP contribution in [-0.4, -0.2) is 14.8 Å². The number of ether oxygens (including phenoxy) is 1. The van der Waals surface area contributed by atoms with Crippen molar-refractivity contribution >= 4 is 19.7 Å². The van der Waals surface area contributed by atoms with Crippen molar-refractivity contribution in [3.63, 3.8) is 0 Å². The van der Waals surface area contributed by atoms with E-state index in [1.807, 2.05) is 0 Å². The Morgan fingerprint density at radius 1 is 1.25 bits per heavy atom. The van der Waals surface area contributed by atoms with Crippen LogP contribution >= 0.6 is 10.7 Å². The van der Waals surface area contributed by atoms with Crippen LogP contribution in [0.4, 0.5) is 17.6 Å². The van der Waals surface area contributed by atoms with E-state index < -0.39 is 31.9 Å². The summed E-state index contributed by atoms with van der Waals surface area (Å²) in [4.78, 5) is -1.08. The molecule has 0 atom stereocenters. The molecule has 0 saturated heterocycles. The fourth-order valence-corrected chi connectivity index (χ4v) is 1.86. The first-order valence-corrected chi connectivity index (χ1v) is 5.91. The van der Waals surface area contributed by atoms with Crippen LogP contribution in [0.3, 0.4) is 0 Å². The van der Waals surface area contributed by atoms with E-state index in [-0.39, 0.29) is 0 Å². The van der Waals surface area contributed by atoms with E-state index in [1.165, 1.54) is 0 Å². The zero-order valence-corrected chi connectivity index (χ0v) is 8.83. The third-order valence-electron chi connectivity index (χ3n) is 1.41. The van der Waals surface area contributed by atoms with Gasteiger partial charge in [-0.1, -0.05) is 6.07 Å². The van der Waals surface area contributed by atoms with Crippen molar-refractivity contribution < 1.29 is 30.7 Å². The van der Waals surface area contributed by atoms with Gasteiger partial charge in [0.05, 0.1) is 0 Å². The van der Waals surface area contributed by atoms with Crippen molar-refractivity contribution in [3.05, 3.63) is 24.0 Å². The standard InChI is InChI=1S/C7H3ClF4O3S/c8-16(13,14)5-3-1-2-4(9)6(5)15-7(10,11)12/h1-3H. The van der Waals surface area contributed by atoms with E-state index in [4.69, 9.17) is 10.7 Å². The molecule has 3 nitrogen and oxygen atoms in total. The summed E-state index contributed by atoms with van der Waals surface area (Å²) in [6, 6.07) is 2.22. The monoisotopic (exact) mass is 278 g/mol. The summed E-state index contributed by atoms with van der Waals surface area (Å²) < 4.78 is 73.5. The Balaban J connectivity index is 3.36. The molecule has 90 valence electrons. The summed E-state index contributed by atoms with van der Waals surface area (Å²) in [5, 5.41) is 0. The molecule has 9 heteroatoms. The van der Waals surface area contributed by atoms with Crippen LogP contribution in [0.15, 0.2) is 23.1 Å². The number of para-hydroxylation sites is 1. The predicted octanol–water partition coefficient (Wildman–Crippen LogP) is 2.65. The molecule has 0 saturated carbocycles. The molecule has 0 aliphatic heterocycles. The highest BCUT2D eigenvalue weighted by Gasteiger charge is 2.35. The second-order valence-electron chi connectivity index (χ2n) is 2.55. The van der Waals surface area contributed by atoms with E-state index in [1.54, 1.807) is 0 Å². The van der Waals surface area contributed by atoms with Gasteiger partial charge >= 0.3 is 6.36 Å². The molecule has 0 aliphatic carbocycles. The van der Waals surface area contributed by atoms with Crippen molar-refractivity contribution in [1.29, 1.82) is 0 Å². The molecule has 0 radical (unpaired) electrons. The first kappa shape index (κ1) is 13.0. The summed E-state index contributed by atoms with van der Waals surface area (Å²) in [6.07, 6.45) is -5.21. The molecule has 0 fully saturated rings. The summed E-state index contributed by atoms with van der Waals surface area (Å²) in [7, 11) is 0.302. The highest BCUT2D eigenvalue weighted by molar-refractivity contribution is 8.13. The molecular formula is C7H3ClF4O3S. The van der Waals surface area contributed by atoms with Gasteiger partial charge in [0.25, 0.3) is 9.05 Å². The third kappa shape index (κ3) is 3.24. The molecule has 16 heavy (non-hydrogen) atoms. The molecule has 1 rings (SSSR count). The average molecular weight is 279 g/mol. The van der Waals surface area contributed by atoms with Crippen LogP contribution in [0, 0.1) is 5.82 Å².